The minimum Gasteiger partial charge on any atom is -0.299 e. The van der Waals surface area contributed by atoms with Gasteiger partial charge in [-0.3, -0.25) is 4.57 Å². The smallest absolute Gasteiger partial charge is 0.243 e. The summed E-state index contributed by atoms with van der Waals surface area (Å²) in [6.45, 7) is 0.377. The summed E-state index contributed by atoms with van der Waals surface area (Å²) < 4.78 is 2.30. The van der Waals surface area contributed by atoms with E-state index in [0.717, 1.165) is 24.8 Å². The molecule has 3 heteroatoms. The fraction of sp³-hybridized carbons (Fsp3) is 0.107. The molecular formula is C28H19BN2. The monoisotopic (exact) mass is 394 g/mol. The average Bonchev–Trinajstić information content (AvgIpc) is 3.24. The van der Waals surface area contributed by atoms with Crippen LogP contribution in [0.1, 0.15) is 33.4 Å². The molecule has 0 atom stereocenters. The van der Waals surface area contributed by atoms with E-state index in [-0.39, 0.29) is 0 Å². The van der Waals surface area contributed by atoms with E-state index < -0.39 is 0 Å². The Balaban J connectivity index is 1.52. The molecule has 4 aromatic carbocycles. The van der Waals surface area contributed by atoms with Gasteiger partial charge < -0.3 is 0 Å². The van der Waals surface area contributed by atoms with E-state index in [4.69, 9.17) is 4.98 Å². The van der Waals surface area contributed by atoms with Crippen LogP contribution >= 0.6 is 0 Å². The van der Waals surface area contributed by atoms with Crippen LogP contribution in [0.4, 0.5) is 0 Å². The molecule has 0 fully saturated rings. The summed E-state index contributed by atoms with van der Waals surface area (Å²) in [5, 5.41) is 0. The fourth-order valence-electron chi connectivity index (χ4n) is 6.53. The van der Waals surface area contributed by atoms with Crippen LogP contribution in [-0.4, -0.2) is 16.3 Å². The van der Waals surface area contributed by atoms with Gasteiger partial charge in [0, 0.05) is 5.69 Å². The number of imidazole rings is 1. The topological polar surface area (TPSA) is 17.8 Å². The zero-order chi connectivity index (χ0) is 20.1. The van der Waals surface area contributed by atoms with Crippen LogP contribution in [-0.2, 0) is 19.3 Å². The first-order chi connectivity index (χ1) is 15.4. The summed E-state index contributed by atoms with van der Waals surface area (Å²) in [5.74, 6) is 0. The van der Waals surface area contributed by atoms with E-state index in [1.54, 1.807) is 16.4 Å². The summed E-state index contributed by atoms with van der Waals surface area (Å²) in [6.07, 6.45) is 5.09. The van der Waals surface area contributed by atoms with Crippen molar-refractivity contribution in [2.24, 2.45) is 0 Å². The molecule has 0 radical (unpaired) electrons. The van der Waals surface area contributed by atoms with E-state index >= 15 is 0 Å². The maximum absolute atomic E-state index is 4.86. The highest BCUT2D eigenvalue weighted by Gasteiger charge is 2.42. The van der Waals surface area contributed by atoms with Gasteiger partial charge in [-0.25, -0.2) is 4.98 Å². The van der Waals surface area contributed by atoms with E-state index in [1.165, 1.54) is 44.6 Å². The molecule has 2 nitrogen and oxygen atoms in total. The Hall–Kier alpha value is -3.59. The number of nitrogens with zero attached hydrogens (tertiary/aromatic N) is 2. The van der Waals surface area contributed by atoms with Gasteiger partial charge in [-0.1, -0.05) is 71.0 Å². The molecule has 0 aliphatic carbocycles. The van der Waals surface area contributed by atoms with Gasteiger partial charge in [-0.15, -0.1) is 0 Å². The summed E-state index contributed by atoms with van der Waals surface area (Å²) in [5.41, 5.74) is 17.3. The van der Waals surface area contributed by atoms with Gasteiger partial charge >= 0.3 is 0 Å². The van der Waals surface area contributed by atoms with Crippen LogP contribution in [0.3, 0.4) is 0 Å². The number of benzene rings is 4. The second kappa shape index (κ2) is 5.56. The molecule has 0 bridgehead atoms. The van der Waals surface area contributed by atoms with Crippen LogP contribution in [0, 0.1) is 0 Å². The molecule has 3 aliphatic rings. The van der Waals surface area contributed by atoms with E-state index in [1.807, 2.05) is 6.33 Å². The van der Waals surface area contributed by atoms with Gasteiger partial charge in [0.2, 0.25) is 6.71 Å². The normalized spacial score (nSPS) is 14.6. The molecule has 5 aromatic rings. The fourth-order valence-corrected chi connectivity index (χ4v) is 6.53. The molecule has 31 heavy (non-hydrogen) atoms. The van der Waals surface area contributed by atoms with Crippen LogP contribution in [0.25, 0.3) is 16.7 Å². The van der Waals surface area contributed by atoms with Crippen LogP contribution < -0.4 is 16.4 Å². The molecule has 0 spiro atoms. The standard InChI is InChI=1S/C28H19BN2/c1-2-10-22(11-3-1)31-16-30-24-15-21-13-19-8-4-6-17-12-18-7-5-9-20-14-23(28(24)31)27(21)29(25(17)19)26(18)20/h1-11,15-16H,12-14H2. The van der Waals surface area contributed by atoms with Crippen molar-refractivity contribution in [3.05, 3.63) is 113 Å². The molecule has 3 aliphatic heterocycles. The number of hydrogen-bond acceptors (Lipinski definition) is 1. The van der Waals surface area contributed by atoms with E-state index in [2.05, 4.69) is 77.4 Å². The molecule has 0 unspecified atom stereocenters. The lowest BCUT2D eigenvalue weighted by molar-refractivity contribution is 1.06. The molecule has 8 rings (SSSR count). The Morgan fingerprint density at radius 2 is 1.29 bits per heavy atom. The number of hydrogen-bond donors (Lipinski definition) is 0. The molecule has 0 saturated carbocycles. The lowest BCUT2D eigenvalue weighted by Gasteiger charge is -2.39. The first-order valence-corrected chi connectivity index (χ1v) is 11.2. The van der Waals surface area contributed by atoms with Gasteiger partial charge in [-0.05, 0) is 70.8 Å². The van der Waals surface area contributed by atoms with Crippen molar-refractivity contribution in [2.45, 2.75) is 19.3 Å². The number of para-hydroxylation sites is 1. The van der Waals surface area contributed by atoms with Gasteiger partial charge in [-0.2, -0.15) is 0 Å². The van der Waals surface area contributed by atoms with Gasteiger partial charge in [0.25, 0.3) is 0 Å². The maximum atomic E-state index is 4.86. The largest absolute Gasteiger partial charge is 0.299 e. The molecule has 1 aromatic heterocycles. The molecule has 4 heterocycles. The molecular weight excluding hydrogens is 375 g/mol. The van der Waals surface area contributed by atoms with E-state index in [9.17, 15) is 0 Å². The Kier molecular flexibility index (Phi) is 2.89. The first-order valence-electron chi connectivity index (χ1n) is 11.2. The molecule has 0 saturated heterocycles. The van der Waals surface area contributed by atoms with E-state index in [0.29, 0.717) is 6.71 Å². The van der Waals surface area contributed by atoms with Gasteiger partial charge in [0.1, 0.15) is 6.33 Å². The first kappa shape index (κ1) is 16.2. The number of fused-ring (bicyclic) bond motifs is 2. The Labute approximate surface area is 181 Å². The lowest BCUT2D eigenvalue weighted by Crippen LogP contribution is -2.64. The molecule has 0 amide bonds. The zero-order valence-electron chi connectivity index (χ0n) is 17.1. The van der Waals surface area contributed by atoms with Crippen LogP contribution in [0.15, 0.2) is 79.1 Å². The lowest BCUT2D eigenvalue weighted by atomic mass is 9.28. The van der Waals surface area contributed by atoms with Gasteiger partial charge in [0.05, 0.1) is 11.0 Å². The Morgan fingerprint density at radius 1 is 0.645 bits per heavy atom. The predicted octanol–water partition coefficient (Wildman–Crippen LogP) is 3.25. The van der Waals surface area contributed by atoms with Crippen LogP contribution in [0.5, 0.6) is 0 Å². The average molecular weight is 394 g/mol. The highest BCUT2D eigenvalue weighted by Crippen LogP contribution is 2.33. The number of rotatable bonds is 1. The van der Waals surface area contributed by atoms with Crippen molar-refractivity contribution < 1.29 is 0 Å². The van der Waals surface area contributed by atoms with Crippen molar-refractivity contribution in [1.82, 2.24) is 9.55 Å². The molecule has 0 N–H and O–H groups in total. The van der Waals surface area contributed by atoms with Gasteiger partial charge in [0.15, 0.2) is 0 Å². The minimum atomic E-state index is 0.377. The maximum Gasteiger partial charge on any atom is 0.243 e. The highest BCUT2D eigenvalue weighted by atomic mass is 15.0. The third-order valence-corrected chi connectivity index (χ3v) is 7.67. The number of aromatic nitrogens is 2. The summed E-state index contributed by atoms with van der Waals surface area (Å²) in [7, 11) is 0. The third-order valence-electron chi connectivity index (χ3n) is 7.67. The van der Waals surface area contributed by atoms with Crippen molar-refractivity contribution >= 4 is 34.1 Å². The van der Waals surface area contributed by atoms with Crippen molar-refractivity contribution in [2.75, 3.05) is 0 Å². The minimum absolute atomic E-state index is 0.377. The summed E-state index contributed by atoms with van der Waals surface area (Å²) in [6, 6.07) is 26.9. The molecule has 144 valence electrons. The second-order valence-electron chi connectivity index (χ2n) is 9.19. The highest BCUT2D eigenvalue weighted by molar-refractivity contribution is 6.98. The predicted molar refractivity (Wildman–Crippen MR) is 127 cm³/mol. The van der Waals surface area contributed by atoms with Crippen LogP contribution in [0.2, 0.25) is 0 Å². The third kappa shape index (κ3) is 1.97. The van der Waals surface area contributed by atoms with Crippen molar-refractivity contribution in [3.63, 3.8) is 0 Å². The summed E-state index contributed by atoms with van der Waals surface area (Å²) >= 11 is 0. The van der Waals surface area contributed by atoms with Crippen molar-refractivity contribution in [1.29, 1.82) is 0 Å². The Bertz CT molecular complexity index is 1540. The second-order valence-corrected chi connectivity index (χ2v) is 9.19. The zero-order valence-corrected chi connectivity index (χ0v) is 17.1. The van der Waals surface area contributed by atoms with Crippen molar-refractivity contribution in [3.8, 4) is 5.69 Å². The SMILES string of the molecule is c1ccc(-n2cnc3cc4c5c(c32)Cc2cccc3c2B5c2c(cccc2C4)C3)cc1. The summed E-state index contributed by atoms with van der Waals surface area (Å²) in [4.78, 5) is 4.86. The quantitative estimate of drug-likeness (QED) is 0.391. The Morgan fingerprint density at radius 3 is 2.00 bits per heavy atom.